The number of carbonyl (C=O) groups excluding carboxylic acids is 1. The highest BCUT2D eigenvalue weighted by atomic mass is 19.1. The summed E-state index contributed by atoms with van der Waals surface area (Å²) < 4.78 is 13.3. The molecule has 4 rings (SSSR count). The lowest BCUT2D eigenvalue weighted by molar-refractivity contribution is -0.116. The van der Waals surface area contributed by atoms with E-state index < -0.39 is 6.04 Å². The van der Waals surface area contributed by atoms with Gasteiger partial charge in [-0.25, -0.2) is 4.39 Å². The summed E-state index contributed by atoms with van der Waals surface area (Å²) in [5, 5.41) is 6.87. The second kappa shape index (κ2) is 4.80. The van der Waals surface area contributed by atoms with Gasteiger partial charge >= 0.3 is 0 Å². The molecule has 0 aliphatic carbocycles. The van der Waals surface area contributed by atoms with Crippen molar-refractivity contribution in [2.24, 2.45) is 0 Å². The number of aromatic nitrogens is 1. The zero-order chi connectivity index (χ0) is 15.1. The molecule has 22 heavy (non-hydrogen) atoms. The minimum Gasteiger partial charge on any atom is -0.369 e. The van der Waals surface area contributed by atoms with Crippen molar-refractivity contribution in [1.29, 1.82) is 0 Å². The molecule has 1 aromatic heterocycles. The Bertz CT molecular complexity index is 889. The van der Waals surface area contributed by atoms with E-state index in [1.54, 1.807) is 12.3 Å². The molecule has 0 saturated heterocycles. The molecular formula is C17H12FN3O. The maximum Gasteiger partial charge on any atom is 0.251 e. The van der Waals surface area contributed by atoms with Crippen molar-refractivity contribution in [2.75, 3.05) is 10.6 Å². The molecule has 5 heteroatoms. The summed E-state index contributed by atoms with van der Waals surface area (Å²) in [7, 11) is 0. The number of hydrogen-bond donors (Lipinski definition) is 2. The van der Waals surface area contributed by atoms with Gasteiger partial charge in [-0.3, -0.25) is 9.78 Å². The van der Waals surface area contributed by atoms with Crippen LogP contribution in [0.15, 0.2) is 54.7 Å². The van der Waals surface area contributed by atoms with Crippen LogP contribution >= 0.6 is 0 Å². The monoisotopic (exact) mass is 293 g/mol. The predicted molar refractivity (Wildman–Crippen MR) is 83.1 cm³/mol. The average molecular weight is 293 g/mol. The Kier molecular flexibility index (Phi) is 2.79. The van der Waals surface area contributed by atoms with E-state index >= 15 is 0 Å². The van der Waals surface area contributed by atoms with Crippen molar-refractivity contribution in [3.63, 3.8) is 0 Å². The van der Waals surface area contributed by atoms with E-state index in [1.807, 2.05) is 30.3 Å². The Morgan fingerprint density at radius 1 is 1.14 bits per heavy atom. The number of fused-ring (bicyclic) bond motifs is 2. The molecule has 1 aliphatic heterocycles. The Morgan fingerprint density at radius 3 is 2.95 bits per heavy atom. The Labute approximate surface area is 126 Å². The first kappa shape index (κ1) is 12.8. The standard InChI is InChI=1S/C17H12FN3O/c18-10-6-7-12-15(9-10)21-17(22)16(12)20-14-5-1-4-13-11(14)3-2-8-19-13/h1-9,16,20H,(H,21,22). The summed E-state index contributed by atoms with van der Waals surface area (Å²) in [6.45, 7) is 0. The third-order valence-electron chi connectivity index (χ3n) is 3.79. The highest BCUT2D eigenvalue weighted by Gasteiger charge is 2.30. The summed E-state index contributed by atoms with van der Waals surface area (Å²) in [6, 6.07) is 13.3. The largest absolute Gasteiger partial charge is 0.369 e. The molecule has 1 unspecified atom stereocenters. The van der Waals surface area contributed by atoms with Gasteiger partial charge in [0.1, 0.15) is 11.9 Å². The maximum absolute atomic E-state index is 13.3. The summed E-state index contributed by atoms with van der Waals surface area (Å²) in [4.78, 5) is 16.5. The summed E-state index contributed by atoms with van der Waals surface area (Å²) in [6.07, 6.45) is 1.73. The number of carbonyl (C=O) groups is 1. The first-order chi connectivity index (χ1) is 10.7. The average Bonchev–Trinajstić information content (AvgIpc) is 2.83. The molecule has 2 heterocycles. The van der Waals surface area contributed by atoms with E-state index in [1.165, 1.54) is 12.1 Å². The van der Waals surface area contributed by atoms with Gasteiger partial charge in [-0.2, -0.15) is 0 Å². The lowest BCUT2D eigenvalue weighted by Crippen LogP contribution is -2.19. The van der Waals surface area contributed by atoms with E-state index in [9.17, 15) is 9.18 Å². The van der Waals surface area contributed by atoms with Gasteiger partial charge in [0.2, 0.25) is 0 Å². The van der Waals surface area contributed by atoms with Crippen LogP contribution in [0.4, 0.5) is 15.8 Å². The van der Waals surface area contributed by atoms with Gasteiger partial charge in [0.05, 0.1) is 5.52 Å². The third-order valence-corrected chi connectivity index (χ3v) is 3.79. The van der Waals surface area contributed by atoms with Crippen LogP contribution < -0.4 is 10.6 Å². The molecule has 108 valence electrons. The number of rotatable bonds is 2. The molecule has 3 aromatic rings. The maximum atomic E-state index is 13.3. The van der Waals surface area contributed by atoms with E-state index in [2.05, 4.69) is 15.6 Å². The summed E-state index contributed by atoms with van der Waals surface area (Å²) in [5.41, 5.74) is 2.93. The quantitative estimate of drug-likeness (QED) is 0.760. The number of pyridine rings is 1. The molecule has 2 aromatic carbocycles. The van der Waals surface area contributed by atoms with Crippen LogP contribution in [0.5, 0.6) is 0 Å². The fourth-order valence-corrected chi connectivity index (χ4v) is 2.76. The van der Waals surface area contributed by atoms with E-state index in [0.717, 1.165) is 22.2 Å². The smallest absolute Gasteiger partial charge is 0.251 e. The lowest BCUT2D eigenvalue weighted by atomic mass is 10.1. The number of anilines is 2. The van der Waals surface area contributed by atoms with E-state index in [0.29, 0.717) is 5.69 Å². The van der Waals surface area contributed by atoms with Crippen LogP contribution in [0, 0.1) is 5.82 Å². The van der Waals surface area contributed by atoms with Crippen molar-refractivity contribution in [3.8, 4) is 0 Å². The lowest BCUT2D eigenvalue weighted by Gasteiger charge is -2.14. The topological polar surface area (TPSA) is 54.0 Å². The highest BCUT2D eigenvalue weighted by Crippen LogP contribution is 2.35. The Balaban J connectivity index is 1.76. The SMILES string of the molecule is O=C1Nc2cc(F)ccc2C1Nc1cccc2ncccc12. The van der Waals surface area contributed by atoms with Crippen LogP contribution in [-0.4, -0.2) is 10.9 Å². The molecule has 0 spiro atoms. The van der Waals surface area contributed by atoms with Crippen molar-refractivity contribution in [1.82, 2.24) is 4.98 Å². The van der Waals surface area contributed by atoms with Crippen LogP contribution in [0.2, 0.25) is 0 Å². The molecular weight excluding hydrogens is 281 g/mol. The molecule has 0 bridgehead atoms. The molecule has 1 aliphatic rings. The minimum absolute atomic E-state index is 0.193. The van der Waals surface area contributed by atoms with E-state index in [4.69, 9.17) is 0 Å². The Morgan fingerprint density at radius 2 is 2.05 bits per heavy atom. The van der Waals surface area contributed by atoms with Gasteiger partial charge in [-0.15, -0.1) is 0 Å². The van der Waals surface area contributed by atoms with Crippen molar-refractivity contribution in [2.45, 2.75) is 6.04 Å². The van der Waals surface area contributed by atoms with Gasteiger partial charge in [-0.1, -0.05) is 12.1 Å². The third kappa shape index (κ3) is 1.98. The molecule has 2 N–H and O–H groups in total. The zero-order valence-corrected chi connectivity index (χ0v) is 11.5. The van der Waals surface area contributed by atoms with Gasteiger partial charge in [-0.05, 0) is 36.4 Å². The van der Waals surface area contributed by atoms with E-state index in [-0.39, 0.29) is 11.7 Å². The van der Waals surface area contributed by atoms with Gasteiger partial charge < -0.3 is 10.6 Å². The van der Waals surface area contributed by atoms with Crippen molar-refractivity contribution in [3.05, 3.63) is 66.1 Å². The molecule has 1 atom stereocenters. The number of nitrogens with one attached hydrogen (secondary N) is 2. The molecule has 0 radical (unpaired) electrons. The second-order valence-corrected chi connectivity index (χ2v) is 5.17. The van der Waals surface area contributed by atoms with Crippen LogP contribution in [0.3, 0.4) is 0 Å². The molecule has 0 fully saturated rings. The zero-order valence-electron chi connectivity index (χ0n) is 11.5. The number of nitrogens with zero attached hydrogens (tertiary/aromatic N) is 1. The second-order valence-electron chi connectivity index (χ2n) is 5.17. The number of benzene rings is 2. The van der Waals surface area contributed by atoms with Gasteiger partial charge in [0, 0.05) is 28.5 Å². The molecule has 4 nitrogen and oxygen atoms in total. The van der Waals surface area contributed by atoms with Crippen LogP contribution in [-0.2, 0) is 4.79 Å². The predicted octanol–water partition coefficient (Wildman–Crippen LogP) is 3.48. The van der Waals surface area contributed by atoms with Crippen LogP contribution in [0.1, 0.15) is 11.6 Å². The van der Waals surface area contributed by atoms with Crippen LogP contribution in [0.25, 0.3) is 10.9 Å². The normalized spacial score (nSPS) is 16.4. The molecule has 1 amide bonds. The fourth-order valence-electron chi connectivity index (χ4n) is 2.76. The minimum atomic E-state index is -0.540. The first-order valence-electron chi connectivity index (χ1n) is 6.93. The highest BCUT2D eigenvalue weighted by molar-refractivity contribution is 6.05. The van der Waals surface area contributed by atoms with Crippen molar-refractivity contribution < 1.29 is 9.18 Å². The number of hydrogen-bond acceptors (Lipinski definition) is 3. The first-order valence-corrected chi connectivity index (χ1v) is 6.93. The van der Waals surface area contributed by atoms with Gasteiger partial charge in [0.25, 0.3) is 5.91 Å². The summed E-state index contributed by atoms with van der Waals surface area (Å²) in [5.74, 6) is -0.560. The number of amides is 1. The molecule has 0 saturated carbocycles. The summed E-state index contributed by atoms with van der Waals surface area (Å²) >= 11 is 0. The Hall–Kier alpha value is -2.95. The van der Waals surface area contributed by atoms with Gasteiger partial charge in [0.15, 0.2) is 0 Å². The fraction of sp³-hybridized carbons (Fsp3) is 0.0588. The van der Waals surface area contributed by atoms with Crippen molar-refractivity contribution >= 4 is 28.2 Å². The number of halogens is 1.